The van der Waals surface area contributed by atoms with Crippen molar-refractivity contribution in [2.75, 3.05) is 13.1 Å². The van der Waals surface area contributed by atoms with Gasteiger partial charge in [0.1, 0.15) is 5.82 Å². The van der Waals surface area contributed by atoms with E-state index >= 15 is 0 Å². The quantitative estimate of drug-likeness (QED) is 0.780. The SMILES string of the molecule is CCC(CC)N(CC(C)C)C(CN)c1cccc(F)c1. The molecule has 0 radical (unpaired) electrons. The van der Waals surface area contributed by atoms with Gasteiger partial charge in [-0.2, -0.15) is 0 Å². The molecule has 1 rings (SSSR count). The fraction of sp³-hybridized carbons (Fsp3) is 0.647. The predicted molar refractivity (Wildman–Crippen MR) is 84.1 cm³/mol. The first-order valence-corrected chi connectivity index (χ1v) is 7.74. The van der Waals surface area contributed by atoms with E-state index in [4.69, 9.17) is 5.73 Å². The van der Waals surface area contributed by atoms with Crippen LogP contribution in [0.25, 0.3) is 0 Å². The number of hydrogen-bond donors (Lipinski definition) is 1. The summed E-state index contributed by atoms with van der Waals surface area (Å²) in [6.45, 7) is 10.4. The maximum absolute atomic E-state index is 13.5. The van der Waals surface area contributed by atoms with Crippen LogP contribution in [0, 0.1) is 11.7 Å². The first-order valence-electron chi connectivity index (χ1n) is 7.74. The van der Waals surface area contributed by atoms with Crippen LogP contribution < -0.4 is 5.73 Å². The maximum atomic E-state index is 13.5. The minimum Gasteiger partial charge on any atom is -0.329 e. The van der Waals surface area contributed by atoms with E-state index in [1.807, 2.05) is 6.07 Å². The average molecular weight is 280 g/mol. The highest BCUT2D eigenvalue weighted by molar-refractivity contribution is 5.21. The molecular weight excluding hydrogens is 251 g/mol. The van der Waals surface area contributed by atoms with E-state index in [0.717, 1.165) is 24.9 Å². The van der Waals surface area contributed by atoms with E-state index < -0.39 is 0 Å². The molecule has 2 N–H and O–H groups in total. The fourth-order valence-electron chi connectivity index (χ4n) is 2.89. The standard InChI is InChI=1S/C17H29FN2/c1-5-16(6-2)20(12-13(3)4)17(11-19)14-8-7-9-15(18)10-14/h7-10,13,16-17H,5-6,11-12,19H2,1-4H3. The molecule has 20 heavy (non-hydrogen) atoms. The van der Waals surface area contributed by atoms with Crippen molar-refractivity contribution in [3.05, 3.63) is 35.6 Å². The zero-order valence-corrected chi connectivity index (χ0v) is 13.3. The second-order valence-corrected chi connectivity index (χ2v) is 5.87. The van der Waals surface area contributed by atoms with Gasteiger partial charge in [-0.1, -0.05) is 39.8 Å². The summed E-state index contributed by atoms with van der Waals surface area (Å²) < 4.78 is 13.5. The Morgan fingerprint density at radius 2 is 1.85 bits per heavy atom. The van der Waals surface area contributed by atoms with E-state index in [-0.39, 0.29) is 11.9 Å². The first-order chi connectivity index (χ1) is 9.53. The molecule has 114 valence electrons. The Kier molecular flexibility index (Phi) is 7.17. The van der Waals surface area contributed by atoms with Crippen LogP contribution in [-0.2, 0) is 0 Å². The third kappa shape index (κ3) is 4.57. The summed E-state index contributed by atoms with van der Waals surface area (Å²) in [5, 5.41) is 0. The van der Waals surface area contributed by atoms with E-state index in [0.29, 0.717) is 18.5 Å². The fourth-order valence-corrected chi connectivity index (χ4v) is 2.89. The Morgan fingerprint density at radius 1 is 1.20 bits per heavy atom. The van der Waals surface area contributed by atoms with Gasteiger partial charge in [-0.25, -0.2) is 4.39 Å². The topological polar surface area (TPSA) is 29.3 Å². The van der Waals surface area contributed by atoms with Gasteiger partial charge in [-0.05, 0) is 36.5 Å². The van der Waals surface area contributed by atoms with Gasteiger partial charge in [0.2, 0.25) is 0 Å². The molecule has 1 atom stereocenters. The van der Waals surface area contributed by atoms with Gasteiger partial charge in [-0.3, -0.25) is 4.90 Å². The van der Waals surface area contributed by atoms with E-state index in [2.05, 4.69) is 32.6 Å². The molecule has 0 amide bonds. The molecule has 3 heteroatoms. The lowest BCUT2D eigenvalue weighted by molar-refractivity contribution is 0.112. The maximum Gasteiger partial charge on any atom is 0.123 e. The van der Waals surface area contributed by atoms with E-state index in [1.54, 1.807) is 12.1 Å². The van der Waals surface area contributed by atoms with Crippen LogP contribution in [0.4, 0.5) is 4.39 Å². The number of nitrogens with two attached hydrogens (primary N) is 1. The lowest BCUT2D eigenvalue weighted by Crippen LogP contribution is -2.43. The minimum atomic E-state index is -0.185. The van der Waals surface area contributed by atoms with E-state index in [1.165, 1.54) is 6.07 Å². The second kappa shape index (κ2) is 8.38. The first kappa shape index (κ1) is 17.1. The van der Waals surface area contributed by atoms with Crippen molar-refractivity contribution in [3.63, 3.8) is 0 Å². The monoisotopic (exact) mass is 280 g/mol. The van der Waals surface area contributed by atoms with Gasteiger partial charge >= 0.3 is 0 Å². The van der Waals surface area contributed by atoms with Crippen molar-refractivity contribution in [2.24, 2.45) is 11.7 Å². The Balaban J connectivity index is 3.06. The van der Waals surface area contributed by atoms with Crippen LogP contribution in [0.2, 0.25) is 0 Å². The van der Waals surface area contributed by atoms with Crippen LogP contribution in [0.3, 0.4) is 0 Å². The van der Waals surface area contributed by atoms with Crippen molar-refractivity contribution in [3.8, 4) is 0 Å². The summed E-state index contributed by atoms with van der Waals surface area (Å²) in [6, 6.07) is 7.45. The van der Waals surface area contributed by atoms with Crippen molar-refractivity contribution in [1.29, 1.82) is 0 Å². The van der Waals surface area contributed by atoms with Gasteiger partial charge in [0.25, 0.3) is 0 Å². The summed E-state index contributed by atoms with van der Waals surface area (Å²) in [5.74, 6) is 0.383. The summed E-state index contributed by atoms with van der Waals surface area (Å²) >= 11 is 0. The van der Waals surface area contributed by atoms with Crippen LogP contribution in [0.1, 0.15) is 52.1 Å². The van der Waals surface area contributed by atoms with Crippen molar-refractivity contribution in [1.82, 2.24) is 4.90 Å². The summed E-state index contributed by atoms with van der Waals surface area (Å²) in [4.78, 5) is 2.46. The molecule has 0 aliphatic carbocycles. The van der Waals surface area contributed by atoms with E-state index in [9.17, 15) is 4.39 Å². The number of benzene rings is 1. The zero-order valence-electron chi connectivity index (χ0n) is 13.3. The molecule has 0 saturated heterocycles. The molecular formula is C17H29FN2. The summed E-state index contributed by atoms with van der Waals surface area (Å²) in [6.07, 6.45) is 2.18. The normalized spacial score (nSPS) is 13.4. The summed E-state index contributed by atoms with van der Waals surface area (Å²) in [5.41, 5.74) is 7.00. The van der Waals surface area contributed by atoms with Gasteiger partial charge in [0.05, 0.1) is 0 Å². The predicted octanol–water partition coefficient (Wildman–Crippen LogP) is 3.97. The molecule has 1 unspecified atom stereocenters. The number of hydrogen-bond acceptors (Lipinski definition) is 2. The zero-order chi connectivity index (χ0) is 15.1. The Hall–Kier alpha value is -0.930. The van der Waals surface area contributed by atoms with Gasteiger partial charge < -0.3 is 5.73 Å². The average Bonchev–Trinajstić information content (AvgIpc) is 2.40. The Morgan fingerprint density at radius 3 is 2.30 bits per heavy atom. The molecule has 0 heterocycles. The molecule has 0 saturated carbocycles. The van der Waals surface area contributed by atoms with Crippen LogP contribution in [0.15, 0.2) is 24.3 Å². The molecule has 2 nitrogen and oxygen atoms in total. The molecule has 0 fully saturated rings. The van der Waals surface area contributed by atoms with Crippen LogP contribution >= 0.6 is 0 Å². The molecule has 1 aromatic carbocycles. The van der Waals surface area contributed by atoms with Gasteiger partial charge in [0.15, 0.2) is 0 Å². The molecule has 0 spiro atoms. The van der Waals surface area contributed by atoms with Crippen molar-refractivity contribution >= 4 is 0 Å². The highest BCUT2D eigenvalue weighted by atomic mass is 19.1. The Bertz CT molecular complexity index is 388. The highest BCUT2D eigenvalue weighted by Crippen LogP contribution is 2.26. The third-order valence-electron chi connectivity index (χ3n) is 3.84. The van der Waals surface area contributed by atoms with Crippen LogP contribution in [0.5, 0.6) is 0 Å². The van der Waals surface area contributed by atoms with Crippen molar-refractivity contribution in [2.45, 2.75) is 52.6 Å². The Labute approximate surface area is 123 Å². The van der Waals surface area contributed by atoms with Crippen molar-refractivity contribution < 1.29 is 4.39 Å². The molecule has 0 aliphatic rings. The number of rotatable bonds is 8. The smallest absolute Gasteiger partial charge is 0.123 e. The van der Waals surface area contributed by atoms with Gasteiger partial charge in [0, 0.05) is 25.2 Å². The molecule has 0 aromatic heterocycles. The second-order valence-electron chi connectivity index (χ2n) is 5.87. The largest absolute Gasteiger partial charge is 0.329 e. The summed E-state index contributed by atoms with van der Waals surface area (Å²) in [7, 11) is 0. The van der Waals surface area contributed by atoms with Crippen LogP contribution in [-0.4, -0.2) is 24.0 Å². The third-order valence-corrected chi connectivity index (χ3v) is 3.84. The lowest BCUT2D eigenvalue weighted by Gasteiger charge is -2.38. The van der Waals surface area contributed by atoms with Gasteiger partial charge in [-0.15, -0.1) is 0 Å². The highest BCUT2D eigenvalue weighted by Gasteiger charge is 2.25. The lowest BCUT2D eigenvalue weighted by atomic mass is 9.99. The molecule has 0 bridgehead atoms. The number of halogens is 1. The molecule has 1 aromatic rings. The minimum absolute atomic E-state index is 0.0954. The molecule has 0 aliphatic heterocycles. The number of nitrogens with zero attached hydrogens (tertiary/aromatic N) is 1.